The summed E-state index contributed by atoms with van der Waals surface area (Å²) in [5.41, 5.74) is 2.69. The SMILES string of the molecule is Cc1nn(C)c(Cl)c1C(O)CC1CCOc2ccccc21. The molecule has 0 radical (unpaired) electrons. The van der Waals surface area contributed by atoms with Gasteiger partial charge in [-0.2, -0.15) is 5.10 Å². The van der Waals surface area contributed by atoms with Gasteiger partial charge in [0.05, 0.1) is 18.4 Å². The van der Waals surface area contributed by atoms with Crippen LogP contribution in [-0.2, 0) is 7.05 Å². The first kappa shape index (κ1) is 14.4. The summed E-state index contributed by atoms with van der Waals surface area (Å²) in [7, 11) is 1.79. The van der Waals surface area contributed by atoms with Crippen molar-refractivity contribution in [3.8, 4) is 5.75 Å². The molecule has 4 nitrogen and oxygen atoms in total. The van der Waals surface area contributed by atoms with Gasteiger partial charge >= 0.3 is 0 Å². The third kappa shape index (κ3) is 2.65. The minimum absolute atomic E-state index is 0.278. The summed E-state index contributed by atoms with van der Waals surface area (Å²) in [6.07, 6.45) is 0.930. The second-order valence-electron chi connectivity index (χ2n) is 5.54. The van der Waals surface area contributed by atoms with Gasteiger partial charge in [0.25, 0.3) is 0 Å². The number of hydrogen-bond donors (Lipinski definition) is 1. The number of nitrogens with zero attached hydrogens (tertiary/aromatic N) is 2. The van der Waals surface area contributed by atoms with Crippen molar-refractivity contribution >= 4 is 11.6 Å². The number of fused-ring (bicyclic) bond motifs is 1. The quantitative estimate of drug-likeness (QED) is 0.945. The lowest BCUT2D eigenvalue weighted by atomic mass is 9.87. The predicted octanol–water partition coefficient (Wildman–Crippen LogP) is 3.37. The lowest BCUT2D eigenvalue weighted by molar-refractivity contribution is 0.144. The van der Waals surface area contributed by atoms with Crippen LogP contribution in [0.15, 0.2) is 24.3 Å². The summed E-state index contributed by atoms with van der Waals surface area (Å²) < 4.78 is 7.27. The summed E-state index contributed by atoms with van der Waals surface area (Å²) in [6, 6.07) is 8.04. The number of aromatic nitrogens is 2. The van der Waals surface area contributed by atoms with Gasteiger partial charge < -0.3 is 9.84 Å². The Kier molecular flexibility index (Phi) is 3.91. The Labute approximate surface area is 129 Å². The molecule has 1 aromatic heterocycles. The van der Waals surface area contributed by atoms with Gasteiger partial charge in [0.2, 0.25) is 0 Å². The number of halogens is 1. The molecule has 0 fully saturated rings. The second-order valence-corrected chi connectivity index (χ2v) is 5.89. The van der Waals surface area contributed by atoms with Gasteiger partial charge in [-0.25, -0.2) is 0 Å². The molecule has 1 N–H and O–H groups in total. The molecule has 5 heteroatoms. The van der Waals surface area contributed by atoms with E-state index in [1.165, 1.54) is 5.56 Å². The van der Waals surface area contributed by atoms with Crippen molar-refractivity contribution in [3.05, 3.63) is 46.2 Å². The largest absolute Gasteiger partial charge is 0.493 e. The molecule has 2 aromatic rings. The summed E-state index contributed by atoms with van der Waals surface area (Å²) in [6.45, 7) is 2.57. The monoisotopic (exact) mass is 306 g/mol. The van der Waals surface area contributed by atoms with Gasteiger partial charge in [-0.05, 0) is 37.3 Å². The Hall–Kier alpha value is -1.52. The normalized spacial score (nSPS) is 19.0. The molecule has 112 valence electrons. The molecule has 2 unspecified atom stereocenters. The third-order valence-electron chi connectivity index (χ3n) is 4.12. The third-order valence-corrected chi connectivity index (χ3v) is 4.57. The van der Waals surface area contributed by atoms with Crippen molar-refractivity contribution in [1.82, 2.24) is 9.78 Å². The van der Waals surface area contributed by atoms with Crippen LogP contribution in [0.1, 0.15) is 41.7 Å². The average molecular weight is 307 g/mol. The Morgan fingerprint density at radius 2 is 2.24 bits per heavy atom. The van der Waals surface area contributed by atoms with E-state index < -0.39 is 6.10 Å². The molecule has 1 aromatic carbocycles. The average Bonchev–Trinajstić information content (AvgIpc) is 2.72. The molecule has 1 aliphatic heterocycles. The molecule has 0 spiro atoms. The molecule has 0 bridgehead atoms. The lowest BCUT2D eigenvalue weighted by Gasteiger charge is -2.27. The summed E-state index contributed by atoms with van der Waals surface area (Å²) in [4.78, 5) is 0. The molecule has 0 saturated carbocycles. The fourth-order valence-electron chi connectivity index (χ4n) is 3.07. The molecule has 0 amide bonds. The van der Waals surface area contributed by atoms with E-state index in [1.54, 1.807) is 11.7 Å². The van der Waals surface area contributed by atoms with E-state index in [0.29, 0.717) is 18.2 Å². The van der Waals surface area contributed by atoms with Gasteiger partial charge in [0, 0.05) is 12.6 Å². The first-order valence-corrected chi connectivity index (χ1v) is 7.54. The van der Waals surface area contributed by atoms with E-state index in [-0.39, 0.29) is 5.92 Å². The minimum atomic E-state index is -0.609. The van der Waals surface area contributed by atoms with Crippen LogP contribution in [0.5, 0.6) is 5.75 Å². The molecular formula is C16H19ClN2O2. The Morgan fingerprint density at radius 3 is 2.95 bits per heavy atom. The number of aliphatic hydroxyl groups excluding tert-OH is 1. The van der Waals surface area contributed by atoms with E-state index in [2.05, 4.69) is 11.2 Å². The van der Waals surface area contributed by atoms with Crippen LogP contribution in [0.25, 0.3) is 0 Å². The number of benzene rings is 1. The topological polar surface area (TPSA) is 47.3 Å². The van der Waals surface area contributed by atoms with Gasteiger partial charge in [0.15, 0.2) is 0 Å². The molecule has 2 heterocycles. The van der Waals surface area contributed by atoms with Crippen LogP contribution in [0.3, 0.4) is 0 Å². The van der Waals surface area contributed by atoms with Crippen LogP contribution in [0.2, 0.25) is 5.15 Å². The van der Waals surface area contributed by atoms with E-state index in [0.717, 1.165) is 23.4 Å². The molecule has 0 saturated heterocycles. The highest BCUT2D eigenvalue weighted by Crippen LogP contribution is 2.40. The summed E-state index contributed by atoms with van der Waals surface area (Å²) in [5, 5.41) is 15.4. The van der Waals surface area contributed by atoms with Crippen molar-refractivity contribution in [3.63, 3.8) is 0 Å². The van der Waals surface area contributed by atoms with Crippen LogP contribution >= 0.6 is 11.6 Å². The minimum Gasteiger partial charge on any atom is -0.493 e. The Morgan fingerprint density at radius 1 is 1.48 bits per heavy atom. The van der Waals surface area contributed by atoms with Gasteiger partial charge in [-0.1, -0.05) is 29.8 Å². The number of ether oxygens (including phenoxy) is 1. The highest BCUT2D eigenvalue weighted by Gasteiger charge is 2.27. The maximum atomic E-state index is 10.6. The summed E-state index contributed by atoms with van der Waals surface area (Å²) in [5.74, 6) is 1.20. The standard InChI is InChI=1S/C16H19ClN2O2/c1-10-15(16(17)19(2)18-10)13(20)9-11-7-8-21-14-6-4-3-5-12(11)14/h3-6,11,13,20H,7-9H2,1-2H3. The maximum Gasteiger partial charge on any atom is 0.132 e. The number of aryl methyl sites for hydroxylation is 2. The second kappa shape index (κ2) is 5.70. The zero-order chi connectivity index (χ0) is 15.0. The molecular weight excluding hydrogens is 288 g/mol. The molecule has 0 aliphatic carbocycles. The summed E-state index contributed by atoms with van der Waals surface area (Å²) >= 11 is 6.24. The van der Waals surface area contributed by atoms with Crippen LogP contribution in [0.4, 0.5) is 0 Å². The van der Waals surface area contributed by atoms with E-state index >= 15 is 0 Å². The van der Waals surface area contributed by atoms with Gasteiger partial charge in [-0.3, -0.25) is 4.68 Å². The zero-order valence-corrected chi connectivity index (χ0v) is 13.0. The van der Waals surface area contributed by atoms with Crippen LogP contribution < -0.4 is 4.74 Å². The van der Waals surface area contributed by atoms with Crippen molar-refractivity contribution in [1.29, 1.82) is 0 Å². The van der Waals surface area contributed by atoms with Crippen molar-refractivity contribution in [2.75, 3.05) is 6.61 Å². The van der Waals surface area contributed by atoms with Crippen molar-refractivity contribution in [2.24, 2.45) is 7.05 Å². The van der Waals surface area contributed by atoms with E-state index in [1.807, 2.05) is 25.1 Å². The van der Waals surface area contributed by atoms with Crippen LogP contribution in [0, 0.1) is 6.92 Å². The molecule has 2 atom stereocenters. The molecule has 21 heavy (non-hydrogen) atoms. The highest BCUT2D eigenvalue weighted by atomic mass is 35.5. The van der Waals surface area contributed by atoms with Crippen molar-refractivity contribution in [2.45, 2.75) is 31.8 Å². The van der Waals surface area contributed by atoms with Gasteiger partial charge in [-0.15, -0.1) is 0 Å². The fraction of sp³-hybridized carbons (Fsp3) is 0.438. The molecule has 1 aliphatic rings. The van der Waals surface area contributed by atoms with E-state index in [9.17, 15) is 5.11 Å². The van der Waals surface area contributed by atoms with Crippen LogP contribution in [-0.4, -0.2) is 21.5 Å². The van der Waals surface area contributed by atoms with Crippen molar-refractivity contribution < 1.29 is 9.84 Å². The Balaban J connectivity index is 1.84. The first-order valence-electron chi connectivity index (χ1n) is 7.16. The first-order chi connectivity index (χ1) is 10.1. The predicted molar refractivity (Wildman–Crippen MR) is 81.8 cm³/mol. The number of hydrogen-bond acceptors (Lipinski definition) is 3. The number of para-hydroxylation sites is 1. The molecule has 3 rings (SSSR count). The number of rotatable bonds is 3. The Bertz CT molecular complexity index is 654. The zero-order valence-electron chi connectivity index (χ0n) is 12.2. The highest BCUT2D eigenvalue weighted by molar-refractivity contribution is 6.30. The maximum absolute atomic E-state index is 10.6. The van der Waals surface area contributed by atoms with Gasteiger partial charge in [0.1, 0.15) is 10.9 Å². The van der Waals surface area contributed by atoms with E-state index in [4.69, 9.17) is 16.3 Å². The number of aliphatic hydroxyl groups is 1. The smallest absolute Gasteiger partial charge is 0.132 e. The fourth-order valence-corrected chi connectivity index (χ4v) is 3.37. The lowest BCUT2D eigenvalue weighted by Crippen LogP contribution is -2.16.